The fourth-order valence-corrected chi connectivity index (χ4v) is 5.14. The Hall–Kier alpha value is -3.31. The number of nitrogens with zero attached hydrogens (tertiary/aromatic N) is 3. The highest BCUT2D eigenvalue weighted by molar-refractivity contribution is 14.1. The topological polar surface area (TPSA) is 104 Å². The summed E-state index contributed by atoms with van der Waals surface area (Å²) in [6.45, 7) is 2.08. The highest BCUT2D eigenvalue weighted by Gasteiger charge is 2.47. The SMILES string of the molecule is C[C@H](c1ccccc1)[C@@H](C1=NC2=CC=C(I)CC2=N1)N1C(=O)N[C@H](c2ccc(OCCO)cc2)C1=O. The number of carbonyl (C=O) groups is 2. The predicted molar refractivity (Wildman–Crippen MR) is 145 cm³/mol. The molecule has 2 aromatic carbocycles. The van der Waals surface area contributed by atoms with Crippen LogP contribution in [0.4, 0.5) is 4.79 Å². The summed E-state index contributed by atoms with van der Waals surface area (Å²) < 4.78 is 6.56. The maximum atomic E-state index is 13.7. The van der Waals surface area contributed by atoms with Crippen molar-refractivity contribution in [2.24, 2.45) is 9.98 Å². The number of aliphatic hydroxyl groups excluding tert-OH is 1. The Kier molecular flexibility index (Phi) is 7.01. The van der Waals surface area contributed by atoms with Crippen LogP contribution in [0, 0.1) is 0 Å². The number of aliphatic imine (C=N–C) groups is 2. The Balaban J connectivity index is 1.48. The van der Waals surface area contributed by atoms with E-state index in [9.17, 15) is 9.59 Å². The van der Waals surface area contributed by atoms with Gasteiger partial charge in [-0.3, -0.25) is 9.69 Å². The third-order valence-electron chi connectivity index (χ3n) is 6.42. The standard InChI is InChI=1S/C27H25IN4O4/c1-16(17-5-3-2-4-6-17)24(25-29-21-12-9-19(28)15-22(21)30-25)32-26(34)23(31-27(32)35)18-7-10-20(11-8-18)36-14-13-33/h2-12,16,23-24,33H,13-15H2,1H3,(H,31,35)/t16-,23-,24+/m1/s1. The van der Waals surface area contributed by atoms with Gasteiger partial charge in [-0.15, -0.1) is 0 Å². The number of imide groups is 1. The quantitative estimate of drug-likeness (QED) is 0.351. The van der Waals surface area contributed by atoms with E-state index in [1.165, 1.54) is 4.90 Å². The fraction of sp³-hybridized carbons (Fsp3) is 0.259. The molecular formula is C27H25IN4O4. The van der Waals surface area contributed by atoms with Gasteiger partial charge in [0.05, 0.1) is 18.0 Å². The first-order valence-corrected chi connectivity index (χ1v) is 12.8. The number of hydrogen-bond donors (Lipinski definition) is 2. The lowest BCUT2D eigenvalue weighted by Gasteiger charge is -2.30. The number of amides is 3. The summed E-state index contributed by atoms with van der Waals surface area (Å²) in [4.78, 5) is 37.8. The molecule has 0 spiro atoms. The Labute approximate surface area is 222 Å². The Morgan fingerprint density at radius 1 is 1.11 bits per heavy atom. The van der Waals surface area contributed by atoms with Crippen LogP contribution in [0.5, 0.6) is 5.75 Å². The molecule has 0 bridgehead atoms. The number of allylic oxidation sites excluding steroid dienone is 4. The number of rotatable bonds is 8. The van der Waals surface area contributed by atoms with Gasteiger partial charge >= 0.3 is 6.03 Å². The molecule has 3 aliphatic rings. The third-order valence-corrected chi connectivity index (χ3v) is 7.17. The van der Waals surface area contributed by atoms with E-state index in [1.54, 1.807) is 24.3 Å². The summed E-state index contributed by atoms with van der Waals surface area (Å²) >= 11 is 2.28. The zero-order valence-corrected chi connectivity index (χ0v) is 21.8. The molecule has 3 amide bonds. The Morgan fingerprint density at radius 2 is 1.86 bits per heavy atom. The van der Waals surface area contributed by atoms with Crippen molar-refractivity contribution in [2.75, 3.05) is 13.2 Å². The maximum absolute atomic E-state index is 13.7. The average molecular weight is 596 g/mol. The van der Waals surface area contributed by atoms with Crippen molar-refractivity contribution in [2.45, 2.75) is 31.3 Å². The van der Waals surface area contributed by atoms with Gasteiger partial charge in [0.25, 0.3) is 5.91 Å². The Bertz CT molecular complexity index is 1300. The molecule has 9 heteroatoms. The molecule has 2 N–H and O–H groups in total. The van der Waals surface area contributed by atoms with Gasteiger partial charge in [0.15, 0.2) is 5.84 Å². The molecular weight excluding hydrogens is 571 g/mol. The van der Waals surface area contributed by atoms with E-state index in [-0.39, 0.29) is 25.0 Å². The van der Waals surface area contributed by atoms with Gasteiger partial charge in [-0.1, -0.05) is 55.5 Å². The number of nitrogens with one attached hydrogen (secondary N) is 1. The molecule has 1 saturated heterocycles. The van der Waals surface area contributed by atoms with Crippen molar-refractivity contribution in [1.82, 2.24) is 10.2 Å². The van der Waals surface area contributed by atoms with Crippen LogP contribution in [0.25, 0.3) is 0 Å². The molecule has 3 atom stereocenters. The number of hydrogen-bond acceptors (Lipinski definition) is 6. The molecule has 0 saturated carbocycles. The summed E-state index contributed by atoms with van der Waals surface area (Å²) in [5, 5.41) is 11.8. The van der Waals surface area contributed by atoms with Crippen molar-refractivity contribution in [3.63, 3.8) is 0 Å². The molecule has 0 aromatic heterocycles. The second-order valence-corrected chi connectivity index (χ2v) is 10.1. The molecule has 8 nitrogen and oxygen atoms in total. The number of aliphatic hydroxyl groups is 1. The average Bonchev–Trinajstić information content (AvgIpc) is 3.44. The minimum absolute atomic E-state index is 0.0882. The van der Waals surface area contributed by atoms with E-state index in [0.29, 0.717) is 23.6 Å². The molecule has 2 aromatic rings. The molecule has 0 radical (unpaired) electrons. The molecule has 1 fully saturated rings. The second-order valence-electron chi connectivity index (χ2n) is 8.75. The highest BCUT2D eigenvalue weighted by atomic mass is 127. The van der Waals surface area contributed by atoms with Crippen LogP contribution in [0.1, 0.15) is 36.4 Å². The van der Waals surface area contributed by atoms with E-state index in [4.69, 9.17) is 19.8 Å². The minimum atomic E-state index is -0.825. The first-order valence-electron chi connectivity index (χ1n) is 11.7. The summed E-state index contributed by atoms with van der Waals surface area (Å²) in [6.07, 6.45) is 4.62. The van der Waals surface area contributed by atoms with E-state index in [1.807, 2.05) is 49.4 Å². The number of urea groups is 1. The number of benzene rings is 2. The summed E-state index contributed by atoms with van der Waals surface area (Å²) in [5.41, 5.74) is 3.26. The Morgan fingerprint density at radius 3 is 2.58 bits per heavy atom. The van der Waals surface area contributed by atoms with E-state index >= 15 is 0 Å². The predicted octanol–water partition coefficient (Wildman–Crippen LogP) is 4.28. The zero-order valence-electron chi connectivity index (χ0n) is 19.6. The molecule has 0 unspecified atom stereocenters. The van der Waals surface area contributed by atoms with Gasteiger partial charge in [-0.05, 0) is 55.5 Å². The van der Waals surface area contributed by atoms with Gasteiger partial charge in [0.1, 0.15) is 24.4 Å². The highest BCUT2D eigenvalue weighted by Crippen LogP contribution is 2.34. The van der Waals surface area contributed by atoms with Crippen molar-refractivity contribution in [1.29, 1.82) is 0 Å². The van der Waals surface area contributed by atoms with Crippen molar-refractivity contribution >= 4 is 46.1 Å². The zero-order chi connectivity index (χ0) is 25.2. The van der Waals surface area contributed by atoms with Gasteiger partial charge < -0.3 is 15.2 Å². The largest absolute Gasteiger partial charge is 0.491 e. The lowest BCUT2D eigenvalue weighted by Crippen LogP contribution is -2.47. The van der Waals surface area contributed by atoms with Crippen LogP contribution in [-0.2, 0) is 4.79 Å². The lowest BCUT2D eigenvalue weighted by atomic mass is 9.91. The van der Waals surface area contributed by atoms with Gasteiger partial charge in [-0.2, -0.15) is 0 Å². The number of halogens is 1. The second kappa shape index (κ2) is 10.4. The molecule has 5 rings (SSSR count). The molecule has 1 aliphatic carbocycles. The van der Waals surface area contributed by atoms with Gasteiger partial charge in [0.2, 0.25) is 0 Å². The summed E-state index contributed by atoms with van der Waals surface area (Å²) in [7, 11) is 0. The first kappa shape index (κ1) is 24.4. The van der Waals surface area contributed by atoms with Crippen LogP contribution < -0.4 is 10.1 Å². The van der Waals surface area contributed by atoms with Crippen molar-refractivity contribution in [3.8, 4) is 5.75 Å². The van der Waals surface area contributed by atoms with Gasteiger partial charge in [0, 0.05) is 12.3 Å². The fourth-order valence-electron chi connectivity index (χ4n) is 4.60. The normalized spacial score (nSPS) is 20.6. The number of carbonyl (C=O) groups excluding carboxylic acids is 2. The third kappa shape index (κ3) is 4.72. The van der Waals surface area contributed by atoms with Crippen LogP contribution in [0.15, 0.2) is 86.0 Å². The van der Waals surface area contributed by atoms with Crippen LogP contribution in [0.3, 0.4) is 0 Å². The van der Waals surface area contributed by atoms with Crippen LogP contribution in [-0.4, -0.2) is 52.7 Å². The van der Waals surface area contributed by atoms with Crippen molar-refractivity contribution < 1.29 is 19.4 Å². The van der Waals surface area contributed by atoms with E-state index < -0.39 is 18.1 Å². The minimum Gasteiger partial charge on any atom is -0.491 e. The van der Waals surface area contributed by atoms with Gasteiger partial charge in [-0.25, -0.2) is 14.8 Å². The number of ether oxygens (including phenoxy) is 1. The van der Waals surface area contributed by atoms with Crippen LogP contribution >= 0.6 is 22.6 Å². The molecule has 2 heterocycles. The maximum Gasteiger partial charge on any atom is 0.325 e. The first-order chi connectivity index (χ1) is 17.5. The van der Waals surface area contributed by atoms with Crippen molar-refractivity contribution in [3.05, 3.63) is 87.2 Å². The number of fused-ring (bicyclic) bond motifs is 1. The van der Waals surface area contributed by atoms with E-state index in [2.05, 4.69) is 27.9 Å². The smallest absolute Gasteiger partial charge is 0.325 e. The lowest BCUT2D eigenvalue weighted by molar-refractivity contribution is -0.128. The number of amidine groups is 1. The summed E-state index contributed by atoms with van der Waals surface area (Å²) in [5.74, 6) is 0.456. The monoisotopic (exact) mass is 596 g/mol. The molecule has 184 valence electrons. The molecule has 36 heavy (non-hydrogen) atoms. The van der Waals surface area contributed by atoms with Crippen LogP contribution in [0.2, 0.25) is 0 Å². The summed E-state index contributed by atoms with van der Waals surface area (Å²) in [6, 6.07) is 14.7. The molecule has 2 aliphatic heterocycles. The van der Waals surface area contributed by atoms with E-state index in [0.717, 1.165) is 20.6 Å².